The number of piperidine rings is 1. The highest BCUT2D eigenvalue weighted by atomic mass is 16.2. The largest absolute Gasteiger partial charge is 0.355 e. The number of hydrogen-bond acceptors (Lipinski definition) is 4. The van der Waals surface area contributed by atoms with E-state index in [0.29, 0.717) is 6.04 Å². The minimum Gasteiger partial charge on any atom is -0.355 e. The zero-order valence-corrected chi connectivity index (χ0v) is 16.4. The Morgan fingerprint density at radius 1 is 0.929 bits per heavy atom. The Hall–Kier alpha value is -2.63. The van der Waals surface area contributed by atoms with E-state index >= 15 is 0 Å². The van der Waals surface area contributed by atoms with Gasteiger partial charge < -0.3 is 15.5 Å². The molecule has 28 heavy (non-hydrogen) atoms. The van der Waals surface area contributed by atoms with Crippen molar-refractivity contribution in [1.29, 1.82) is 0 Å². The van der Waals surface area contributed by atoms with Gasteiger partial charge in [0, 0.05) is 30.4 Å². The van der Waals surface area contributed by atoms with Crippen LogP contribution in [0.25, 0.3) is 11.3 Å². The van der Waals surface area contributed by atoms with Crippen molar-refractivity contribution < 1.29 is 4.79 Å². The maximum Gasteiger partial charge on any atom is 0.319 e. The molecular formula is C22H29N5O. The van der Waals surface area contributed by atoms with Gasteiger partial charge in [0.25, 0.3) is 0 Å². The Kier molecular flexibility index (Phi) is 6.04. The van der Waals surface area contributed by atoms with Gasteiger partial charge in [0.1, 0.15) is 0 Å². The van der Waals surface area contributed by atoms with Crippen molar-refractivity contribution in [3.8, 4) is 11.3 Å². The summed E-state index contributed by atoms with van der Waals surface area (Å²) in [5.41, 5.74) is 2.54. The second-order valence-corrected chi connectivity index (χ2v) is 7.84. The molecule has 1 aliphatic carbocycles. The van der Waals surface area contributed by atoms with Crippen LogP contribution >= 0.6 is 0 Å². The summed E-state index contributed by atoms with van der Waals surface area (Å²) in [6.45, 7) is 2.12. The third kappa shape index (κ3) is 4.80. The highest BCUT2D eigenvalue weighted by molar-refractivity contribution is 5.90. The number of benzene rings is 1. The number of hydrogen-bond donors (Lipinski definition) is 2. The topological polar surface area (TPSA) is 70.2 Å². The van der Waals surface area contributed by atoms with Crippen LogP contribution in [0, 0.1) is 0 Å². The SMILES string of the molecule is O=C(Nc1cccc(-c2ccc(N3CCCCC3)nn2)c1)NC1CCCCC1. The van der Waals surface area contributed by atoms with Crippen LogP contribution in [0.1, 0.15) is 51.4 Å². The number of amides is 2. The molecule has 0 radical (unpaired) electrons. The number of anilines is 2. The molecule has 2 amide bonds. The average Bonchev–Trinajstić information content (AvgIpc) is 2.75. The Bertz CT molecular complexity index is 780. The number of urea groups is 1. The van der Waals surface area contributed by atoms with Gasteiger partial charge in [-0.05, 0) is 56.4 Å². The monoisotopic (exact) mass is 379 g/mol. The number of aromatic nitrogens is 2. The molecule has 2 N–H and O–H groups in total. The lowest BCUT2D eigenvalue weighted by Gasteiger charge is -2.27. The van der Waals surface area contributed by atoms with Crippen molar-refractivity contribution in [3.63, 3.8) is 0 Å². The predicted octanol–water partition coefficient (Wildman–Crippen LogP) is 4.59. The standard InChI is InChI=1S/C22H29N5O/c28-22(23-18-9-3-1-4-10-18)24-19-11-7-8-17(16-19)20-12-13-21(26-25-20)27-14-5-2-6-15-27/h7-8,11-13,16,18H,1-6,9-10,14-15H2,(H2,23,24,28). The van der Waals surface area contributed by atoms with Crippen LogP contribution in [0.5, 0.6) is 0 Å². The summed E-state index contributed by atoms with van der Waals surface area (Å²) in [5.74, 6) is 0.949. The zero-order chi connectivity index (χ0) is 19.2. The highest BCUT2D eigenvalue weighted by Crippen LogP contribution is 2.23. The van der Waals surface area contributed by atoms with Gasteiger partial charge in [-0.15, -0.1) is 10.2 Å². The van der Waals surface area contributed by atoms with E-state index in [1.54, 1.807) is 0 Å². The number of nitrogens with zero attached hydrogens (tertiary/aromatic N) is 3. The molecule has 148 valence electrons. The Balaban J connectivity index is 1.39. The van der Waals surface area contributed by atoms with Crippen molar-refractivity contribution in [2.45, 2.75) is 57.4 Å². The molecule has 2 aromatic rings. The lowest BCUT2D eigenvalue weighted by atomic mass is 9.96. The minimum absolute atomic E-state index is 0.129. The van der Waals surface area contributed by atoms with Crippen LogP contribution in [0.4, 0.5) is 16.3 Å². The highest BCUT2D eigenvalue weighted by Gasteiger charge is 2.16. The van der Waals surface area contributed by atoms with Crippen LogP contribution in [0.2, 0.25) is 0 Å². The fraction of sp³-hybridized carbons (Fsp3) is 0.500. The van der Waals surface area contributed by atoms with Gasteiger partial charge in [0.05, 0.1) is 5.69 Å². The summed E-state index contributed by atoms with van der Waals surface area (Å²) in [6, 6.07) is 12.0. The lowest BCUT2D eigenvalue weighted by Crippen LogP contribution is -2.39. The molecule has 1 saturated heterocycles. The van der Waals surface area contributed by atoms with E-state index in [4.69, 9.17) is 0 Å². The first kappa shape index (κ1) is 18.7. The Morgan fingerprint density at radius 2 is 1.71 bits per heavy atom. The zero-order valence-electron chi connectivity index (χ0n) is 16.4. The first-order chi connectivity index (χ1) is 13.8. The van der Waals surface area contributed by atoms with Crippen molar-refractivity contribution in [1.82, 2.24) is 15.5 Å². The van der Waals surface area contributed by atoms with Gasteiger partial charge in [-0.3, -0.25) is 0 Å². The van der Waals surface area contributed by atoms with Gasteiger partial charge in [-0.25, -0.2) is 4.79 Å². The fourth-order valence-electron chi connectivity index (χ4n) is 4.13. The molecular weight excluding hydrogens is 350 g/mol. The molecule has 1 aliphatic heterocycles. The quantitative estimate of drug-likeness (QED) is 0.815. The maximum atomic E-state index is 12.3. The summed E-state index contributed by atoms with van der Waals surface area (Å²) >= 11 is 0. The second-order valence-electron chi connectivity index (χ2n) is 7.84. The minimum atomic E-state index is -0.129. The van der Waals surface area contributed by atoms with E-state index in [0.717, 1.165) is 48.7 Å². The molecule has 6 nitrogen and oxygen atoms in total. The van der Waals surface area contributed by atoms with Crippen LogP contribution in [-0.2, 0) is 0 Å². The predicted molar refractivity (Wildman–Crippen MR) is 113 cm³/mol. The van der Waals surface area contributed by atoms with E-state index in [9.17, 15) is 4.79 Å². The lowest BCUT2D eigenvalue weighted by molar-refractivity contribution is 0.244. The number of rotatable bonds is 4. The van der Waals surface area contributed by atoms with E-state index in [1.165, 1.54) is 38.5 Å². The number of carbonyl (C=O) groups excluding carboxylic acids is 1. The number of carbonyl (C=O) groups is 1. The van der Waals surface area contributed by atoms with Crippen molar-refractivity contribution in [2.24, 2.45) is 0 Å². The molecule has 6 heteroatoms. The third-order valence-electron chi connectivity index (χ3n) is 5.69. The molecule has 0 bridgehead atoms. The van der Waals surface area contributed by atoms with Crippen LogP contribution < -0.4 is 15.5 Å². The first-order valence-corrected chi connectivity index (χ1v) is 10.5. The second kappa shape index (κ2) is 9.04. The van der Waals surface area contributed by atoms with Crippen molar-refractivity contribution in [3.05, 3.63) is 36.4 Å². The molecule has 2 fully saturated rings. The van der Waals surface area contributed by atoms with Gasteiger partial charge in [-0.1, -0.05) is 31.4 Å². The molecule has 2 aliphatic rings. The summed E-state index contributed by atoms with van der Waals surface area (Å²) in [4.78, 5) is 14.6. The van der Waals surface area contributed by atoms with Crippen LogP contribution in [0.3, 0.4) is 0 Å². The van der Waals surface area contributed by atoms with E-state index in [-0.39, 0.29) is 6.03 Å². The Labute approximate surface area is 166 Å². The molecule has 0 unspecified atom stereocenters. The smallest absolute Gasteiger partial charge is 0.319 e. The molecule has 0 spiro atoms. The first-order valence-electron chi connectivity index (χ1n) is 10.5. The van der Waals surface area contributed by atoms with E-state index in [2.05, 4.69) is 25.7 Å². The van der Waals surface area contributed by atoms with Crippen LogP contribution in [-0.4, -0.2) is 35.4 Å². The normalized spacial score (nSPS) is 17.9. The molecule has 1 aromatic carbocycles. The van der Waals surface area contributed by atoms with E-state index in [1.807, 2.05) is 36.4 Å². The summed E-state index contributed by atoms with van der Waals surface area (Å²) in [6.07, 6.45) is 9.58. The van der Waals surface area contributed by atoms with E-state index < -0.39 is 0 Å². The third-order valence-corrected chi connectivity index (χ3v) is 5.69. The summed E-state index contributed by atoms with van der Waals surface area (Å²) in [7, 11) is 0. The Morgan fingerprint density at radius 3 is 2.46 bits per heavy atom. The van der Waals surface area contributed by atoms with Crippen molar-refractivity contribution in [2.75, 3.05) is 23.3 Å². The van der Waals surface area contributed by atoms with Gasteiger partial charge in [0.2, 0.25) is 0 Å². The van der Waals surface area contributed by atoms with Crippen LogP contribution in [0.15, 0.2) is 36.4 Å². The molecule has 4 rings (SSSR count). The maximum absolute atomic E-state index is 12.3. The molecule has 1 aromatic heterocycles. The molecule has 1 saturated carbocycles. The van der Waals surface area contributed by atoms with Crippen molar-refractivity contribution >= 4 is 17.5 Å². The van der Waals surface area contributed by atoms with Gasteiger partial charge in [-0.2, -0.15) is 0 Å². The fourth-order valence-corrected chi connectivity index (χ4v) is 4.13. The number of nitrogens with one attached hydrogen (secondary N) is 2. The summed E-state index contributed by atoms with van der Waals surface area (Å²) < 4.78 is 0. The average molecular weight is 380 g/mol. The summed E-state index contributed by atoms with van der Waals surface area (Å²) in [5, 5.41) is 14.9. The molecule has 2 heterocycles. The van der Waals surface area contributed by atoms with Gasteiger partial charge in [0.15, 0.2) is 5.82 Å². The van der Waals surface area contributed by atoms with Gasteiger partial charge >= 0.3 is 6.03 Å². The molecule has 0 atom stereocenters.